The average molecular weight is 382 g/mol. The molecule has 1 aliphatic carbocycles. The van der Waals surface area contributed by atoms with Gasteiger partial charge in [0.05, 0.1) is 11.7 Å². The molecule has 0 heterocycles. The van der Waals surface area contributed by atoms with Gasteiger partial charge in [-0.3, -0.25) is 4.79 Å². The van der Waals surface area contributed by atoms with Gasteiger partial charge in [-0.05, 0) is 55.0 Å². The van der Waals surface area contributed by atoms with Gasteiger partial charge >= 0.3 is 0 Å². The van der Waals surface area contributed by atoms with Crippen LogP contribution in [0.3, 0.4) is 0 Å². The number of hydrogen-bond acceptors (Lipinski definition) is 6. The van der Waals surface area contributed by atoms with E-state index in [1.54, 1.807) is 0 Å². The summed E-state index contributed by atoms with van der Waals surface area (Å²) >= 11 is 0. The summed E-state index contributed by atoms with van der Waals surface area (Å²) in [6.07, 6.45) is 0.558. The molecule has 0 aromatic heterocycles. The monoisotopic (exact) mass is 381 g/mol. The maximum atomic E-state index is 13.1. The number of ketones is 1. The van der Waals surface area contributed by atoms with Crippen LogP contribution in [0, 0.1) is 22.7 Å². The standard InChI is InChI=1S/C21H35NO5/c1-12(2)7-8-15-18(22-27)17(16(23)11-14(5)6)20(25)21(26,19(15)24)10-9-13(3)4/h12-14,16,23-24,26H,7-11H2,1-6H3/t16-,21-/m0/s1. The van der Waals surface area contributed by atoms with Crippen molar-refractivity contribution in [1.29, 1.82) is 0 Å². The summed E-state index contributed by atoms with van der Waals surface area (Å²) in [4.78, 5) is 24.7. The molecule has 6 nitrogen and oxygen atoms in total. The Kier molecular flexibility index (Phi) is 8.36. The predicted molar refractivity (Wildman–Crippen MR) is 106 cm³/mol. The molecule has 27 heavy (non-hydrogen) atoms. The summed E-state index contributed by atoms with van der Waals surface area (Å²) in [5, 5.41) is 35.5. The van der Waals surface area contributed by atoms with Gasteiger partial charge in [0.25, 0.3) is 0 Å². The third kappa shape index (κ3) is 5.48. The number of rotatable bonds is 10. The minimum atomic E-state index is -2.11. The first-order valence-electron chi connectivity index (χ1n) is 9.91. The highest BCUT2D eigenvalue weighted by Crippen LogP contribution is 2.41. The molecular formula is C21H35NO5. The topological polar surface area (TPSA) is 107 Å². The molecule has 154 valence electrons. The van der Waals surface area contributed by atoms with E-state index in [-0.39, 0.29) is 41.5 Å². The predicted octanol–water partition coefficient (Wildman–Crippen LogP) is 4.41. The number of carbonyl (C=O) groups is 1. The fraction of sp³-hybridized carbons (Fsp3) is 0.762. The summed E-state index contributed by atoms with van der Waals surface area (Å²) in [5.74, 6) is -0.702. The SMILES string of the molecule is CC(C)CCC1=C(O)[C@@](O)(CCC(C)C)C(=O)C([C@@H](O)CC(C)C)=C1N=O. The summed E-state index contributed by atoms with van der Waals surface area (Å²) in [5.41, 5.74) is -2.30. The highest BCUT2D eigenvalue weighted by atomic mass is 16.3. The van der Waals surface area contributed by atoms with Gasteiger partial charge in [-0.15, -0.1) is 4.91 Å². The molecule has 0 saturated carbocycles. The molecule has 0 aromatic carbocycles. The van der Waals surface area contributed by atoms with Crippen molar-refractivity contribution >= 4 is 5.78 Å². The molecule has 1 rings (SSSR count). The van der Waals surface area contributed by atoms with Crippen LogP contribution in [0.2, 0.25) is 0 Å². The van der Waals surface area contributed by atoms with Gasteiger partial charge in [0.15, 0.2) is 5.60 Å². The lowest BCUT2D eigenvalue weighted by Gasteiger charge is -2.35. The zero-order chi connectivity index (χ0) is 20.9. The number of aliphatic hydroxyl groups is 3. The van der Waals surface area contributed by atoms with Gasteiger partial charge < -0.3 is 15.3 Å². The molecule has 0 fully saturated rings. The lowest BCUT2D eigenvalue weighted by molar-refractivity contribution is -0.135. The number of hydrogen-bond donors (Lipinski definition) is 3. The molecule has 0 spiro atoms. The molecule has 0 aliphatic heterocycles. The van der Waals surface area contributed by atoms with Crippen molar-refractivity contribution in [2.45, 2.75) is 85.4 Å². The number of Topliss-reactive ketones (excluding diaryl/α,β-unsaturated/α-hetero) is 1. The Morgan fingerprint density at radius 1 is 1.00 bits per heavy atom. The molecule has 0 radical (unpaired) electrons. The van der Waals surface area contributed by atoms with Gasteiger partial charge in [0, 0.05) is 5.57 Å². The molecule has 0 amide bonds. The van der Waals surface area contributed by atoms with Crippen LogP contribution in [-0.2, 0) is 4.79 Å². The van der Waals surface area contributed by atoms with E-state index < -0.39 is 23.2 Å². The second kappa shape index (κ2) is 9.60. The van der Waals surface area contributed by atoms with Gasteiger partial charge in [-0.2, -0.15) is 0 Å². The van der Waals surface area contributed by atoms with Crippen molar-refractivity contribution in [2.24, 2.45) is 22.9 Å². The van der Waals surface area contributed by atoms with E-state index >= 15 is 0 Å². The van der Waals surface area contributed by atoms with Gasteiger partial charge in [-0.1, -0.05) is 41.5 Å². The van der Waals surface area contributed by atoms with E-state index in [4.69, 9.17) is 0 Å². The lowest BCUT2D eigenvalue weighted by atomic mass is 9.74. The van der Waals surface area contributed by atoms with E-state index in [1.807, 2.05) is 41.5 Å². The molecular weight excluding hydrogens is 346 g/mol. The van der Waals surface area contributed by atoms with Crippen LogP contribution >= 0.6 is 0 Å². The average Bonchev–Trinajstić information content (AvgIpc) is 2.55. The molecule has 6 heteroatoms. The third-order valence-corrected chi connectivity index (χ3v) is 5.01. The second-order valence-electron chi connectivity index (χ2n) is 8.88. The molecule has 0 aromatic rings. The quantitative estimate of drug-likeness (QED) is 0.486. The smallest absolute Gasteiger partial charge is 0.203 e. The van der Waals surface area contributed by atoms with Crippen LogP contribution in [-0.4, -0.2) is 32.8 Å². The van der Waals surface area contributed by atoms with E-state index in [0.29, 0.717) is 25.2 Å². The lowest BCUT2D eigenvalue weighted by Crippen LogP contribution is -2.47. The summed E-state index contributed by atoms with van der Waals surface area (Å²) in [6.45, 7) is 11.7. The fourth-order valence-electron chi connectivity index (χ4n) is 3.34. The first-order valence-corrected chi connectivity index (χ1v) is 9.91. The van der Waals surface area contributed by atoms with Crippen LogP contribution in [0.25, 0.3) is 0 Å². The highest BCUT2D eigenvalue weighted by Gasteiger charge is 2.50. The second-order valence-corrected chi connectivity index (χ2v) is 8.88. The first-order chi connectivity index (χ1) is 12.5. The fourth-order valence-corrected chi connectivity index (χ4v) is 3.34. The number of carbonyl (C=O) groups excluding carboxylic acids is 1. The Labute approximate surface area is 162 Å². The van der Waals surface area contributed by atoms with Gasteiger partial charge in [-0.25, -0.2) is 0 Å². The van der Waals surface area contributed by atoms with Crippen LogP contribution in [0.4, 0.5) is 0 Å². The van der Waals surface area contributed by atoms with Gasteiger partial charge in [0.1, 0.15) is 11.5 Å². The Morgan fingerprint density at radius 3 is 2.00 bits per heavy atom. The molecule has 2 atom stereocenters. The maximum absolute atomic E-state index is 13.1. The Morgan fingerprint density at radius 2 is 1.56 bits per heavy atom. The zero-order valence-electron chi connectivity index (χ0n) is 17.5. The van der Waals surface area contributed by atoms with Gasteiger partial charge in [0.2, 0.25) is 5.78 Å². The zero-order valence-corrected chi connectivity index (χ0v) is 17.5. The Bertz CT molecular complexity index is 618. The van der Waals surface area contributed by atoms with E-state index in [0.717, 1.165) is 0 Å². The van der Waals surface area contributed by atoms with Crippen LogP contribution in [0.5, 0.6) is 0 Å². The highest BCUT2D eigenvalue weighted by molar-refractivity contribution is 6.07. The van der Waals surface area contributed by atoms with Crippen LogP contribution in [0.1, 0.15) is 73.6 Å². The minimum absolute atomic E-state index is 0.0323. The molecule has 0 unspecified atom stereocenters. The number of nitroso groups, excluding NO2 is 1. The molecule has 1 aliphatic rings. The van der Waals surface area contributed by atoms with Crippen molar-refractivity contribution in [2.75, 3.05) is 0 Å². The first kappa shape index (κ1) is 23.5. The van der Waals surface area contributed by atoms with Crippen molar-refractivity contribution in [3.05, 3.63) is 27.5 Å². The normalized spacial score (nSPS) is 22.4. The van der Waals surface area contributed by atoms with Crippen molar-refractivity contribution < 1.29 is 20.1 Å². The van der Waals surface area contributed by atoms with Crippen molar-refractivity contribution in [3.8, 4) is 0 Å². The maximum Gasteiger partial charge on any atom is 0.203 e. The molecule has 3 N–H and O–H groups in total. The molecule has 0 saturated heterocycles. The van der Waals surface area contributed by atoms with Crippen LogP contribution < -0.4 is 0 Å². The van der Waals surface area contributed by atoms with Crippen LogP contribution in [0.15, 0.2) is 27.8 Å². The minimum Gasteiger partial charge on any atom is -0.508 e. The summed E-state index contributed by atoms with van der Waals surface area (Å²) in [6, 6.07) is 0. The van der Waals surface area contributed by atoms with E-state index in [2.05, 4.69) is 5.18 Å². The number of allylic oxidation sites excluding steroid dienone is 1. The Hall–Kier alpha value is -1.53. The third-order valence-electron chi connectivity index (χ3n) is 5.01. The number of aliphatic hydroxyl groups excluding tert-OH is 2. The Balaban J connectivity index is 3.52. The number of nitrogens with zero attached hydrogens (tertiary/aromatic N) is 1. The molecule has 0 bridgehead atoms. The summed E-state index contributed by atoms with van der Waals surface area (Å²) < 4.78 is 0. The largest absolute Gasteiger partial charge is 0.508 e. The van der Waals surface area contributed by atoms with E-state index in [9.17, 15) is 25.0 Å². The van der Waals surface area contributed by atoms with E-state index in [1.165, 1.54) is 0 Å². The van der Waals surface area contributed by atoms with Crippen molar-refractivity contribution in [3.63, 3.8) is 0 Å². The van der Waals surface area contributed by atoms with Crippen molar-refractivity contribution in [1.82, 2.24) is 0 Å². The summed E-state index contributed by atoms with van der Waals surface area (Å²) in [7, 11) is 0.